The molecule has 128 valence electrons. The number of nitrogens with zero attached hydrogens (tertiary/aromatic N) is 4. The van der Waals surface area contributed by atoms with Gasteiger partial charge in [0.25, 0.3) is 0 Å². The summed E-state index contributed by atoms with van der Waals surface area (Å²) in [6.07, 6.45) is 7.26. The van der Waals surface area contributed by atoms with Gasteiger partial charge in [-0.05, 0) is 30.2 Å². The topological polar surface area (TPSA) is 64.9 Å². The van der Waals surface area contributed by atoms with Gasteiger partial charge in [-0.25, -0.2) is 9.67 Å². The van der Waals surface area contributed by atoms with E-state index < -0.39 is 0 Å². The van der Waals surface area contributed by atoms with Crippen LogP contribution in [0, 0.1) is 0 Å². The zero-order valence-electron chi connectivity index (χ0n) is 14.0. The minimum Gasteiger partial charge on any atom is -0.489 e. The van der Waals surface area contributed by atoms with Crippen LogP contribution in [0.25, 0.3) is 0 Å². The van der Waals surface area contributed by atoms with Crippen molar-refractivity contribution in [1.29, 1.82) is 0 Å². The standard InChI is InChI=1S/C19H21N5O/c1-2-4-18(25-13-15-7-9-20-10-8-15)16(3-1)11-21-17-5-6-19-22-14-23-24(19)12-17/h1-4,7-10,14,17,21H,5-6,11-13H2. The van der Waals surface area contributed by atoms with Gasteiger partial charge in [-0.2, -0.15) is 5.10 Å². The van der Waals surface area contributed by atoms with E-state index in [9.17, 15) is 0 Å². The summed E-state index contributed by atoms with van der Waals surface area (Å²) >= 11 is 0. The first kappa shape index (κ1) is 15.8. The fourth-order valence-electron chi connectivity index (χ4n) is 3.09. The maximum atomic E-state index is 6.01. The number of ether oxygens (including phenoxy) is 1. The largest absolute Gasteiger partial charge is 0.489 e. The zero-order chi connectivity index (χ0) is 16.9. The highest BCUT2D eigenvalue weighted by molar-refractivity contribution is 5.33. The molecule has 1 aromatic carbocycles. The monoisotopic (exact) mass is 335 g/mol. The molecule has 0 fully saturated rings. The van der Waals surface area contributed by atoms with E-state index in [1.54, 1.807) is 18.7 Å². The van der Waals surface area contributed by atoms with Crippen molar-refractivity contribution in [3.63, 3.8) is 0 Å². The molecule has 2 aromatic heterocycles. The van der Waals surface area contributed by atoms with Gasteiger partial charge in [-0.15, -0.1) is 0 Å². The second-order valence-electron chi connectivity index (χ2n) is 6.23. The van der Waals surface area contributed by atoms with Crippen molar-refractivity contribution in [2.24, 2.45) is 0 Å². The molecular weight excluding hydrogens is 314 g/mol. The molecule has 3 aromatic rings. The SMILES string of the molecule is c1ccc(OCc2ccncc2)c(CNC2CCc3ncnn3C2)c1. The Bertz CT molecular complexity index is 817. The van der Waals surface area contributed by atoms with Crippen LogP contribution in [-0.2, 0) is 26.1 Å². The third-order valence-corrected chi connectivity index (χ3v) is 4.50. The minimum atomic E-state index is 0.405. The van der Waals surface area contributed by atoms with Crippen LogP contribution in [0.1, 0.15) is 23.4 Å². The van der Waals surface area contributed by atoms with E-state index in [4.69, 9.17) is 4.74 Å². The Morgan fingerprint density at radius 3 is 2.96 bits per heavy atom. The Hall–Kier alpha value is -2.73. The molecule has 0 aliphatic carbocycles. The zero-order valence-corrected chi connectivity index (χ0v) is 14.0. The lowest BCUT2D eigenvalue weighted by Gasteiger charge is -2.24. The second kappa shape index (κ2) is 7.44. The quantitative estimate of drug-likeness (QED) is 0.749. The number of aryl methyl sites for hydroxylation is 1. The fraction of sp³-hybridized carbons (Fsp3) is 0.316. The molecule has 4 rings (SSSR count). The van der Waals surface area contributed by atoms with E-state index >= 15 is 0 Å². The summed E-state index contributed by atoms with van der Waals surface area (Å²) in [5.41, 5.74) is 2.28. The van der Waals surface area contributed by atoms with Crippen molar-refractivity contribution >= 4 is 0 Å². The Morgan fingerprint density at radius 1 is 1.16 bits per heavy atom. The first-order valence-electron chi connectivity index (χ1n) is 8.58. The first-order valence-corrected chi connectivity index (χ1v) is 8.58. The van der Waals surface area contributed by atoms with E-state index in [0.717, 1.165) is 43.1 Å². The van der Waals surface area contributed by atoms with Gasteiger partial charge in [-0.3, -0.25) is 4.98 Å². The first-order chi connectivity index (χ1) is 12.4. The highest BCUT2D eigenvalue weighted by atomic mass is 16.5. The van der Waals surface area contributed by atoms with Crippen LogP contribution in [0.15, 0.2) is 55.1 Å². The van der Waals surface area contributed by atoms with Crippen molar-refractivity contribution < 1.29 is 4.74 Å². The third-order valence-electron chi connectivity index (χ3n) is 4.50. The molecule has 0 radical (unpaired) electrons. The Morgan fingerprint density at radius 2 is 2.04 bits per heavy atom. The van der Waals surface area contributed by atoms with E-state index in [2.05, 4.69) is 26.4 Å². The van der Waals surface area contributed by atoms with Crippen LogP contribution in [0.5, 0.6) is 5.75 Å². The maximum Gasteiger partial charge on any atom is 0.138 e. The molecule has 0 saturated heterocycles. The summed E-state index contributed by atoms with van der Waals surface area (Å²) in [5, 5.41) is 7.91. The molecule has 3 heterocycles. The number of aromatic nitrogens is 4. The Kier molecular flexibility index (Phi) is 4.70. The smallest absolute Gasteiger partial charge is 0.138 e. The van der Waals surface area contributed by atoms with Gasteiger partial charge in [0.1, 0.15) is 24.5 Å². The number of hydrogen-bond donors (Lipinski definition) is 1. The number of benzene rings is 1. The molecule has 1 aliphatic heterocycles. The summed E-state index contributed by atoms with van der Waals surface area (Å²) in [7, 11) is 0. The summed E-state index contributed by atoms with van der Waals surface area (Å²) in [5.74, 6) is 2.00. The average Bonchev–Trinajstić information content (AvgIpc) is 3.14. The molecule has 0 amide bonds. The number of hydrogen-bond acceptors (Lipinski definition) is 5. The molecule has 1 unspecified atom stereocenters. The number of rotatable bonds is 6. The Balaban J connectivity index is 1.36. The predicted molar refractivity (Wildman–Crippen MR) is 94.0 cm³/mol. The van der Waals surface area contributed by atoms with Crippen molar-refractivity contribution in [2.45, 2.75) is 38.6 Å². The predicted octanol–water partition coefficient (Wildman–Crippen LogP) is 2.36. The molecule has 6 heteroatoms. The van der Waals surface area contributed by atoms with E-state index in [-0.39, 0.29) is 0 Å². The van der Waals surface area contributed by atoms with Gasteiger partial charge in [0.05, 0.1) is 6.54 Å². The molecule has 1 atom stereocenters. The van der Waals surface area contributed by atoms with E-state index in [1.165, 1.54) is 5.56 Å². The lowest BCUT2D eigenvalue weighted by Crippen LogP contribution is -2.37. The van der Waals surface area contributed by atoms with Gasteiger partial charge in [0.2, 0.25) is 0 Å². The molecule has 0 saturated carbocycles. The van der Waals surface area contributed by atoms with Gasteiger partial charge in [0.15, 0.2) is 0 Å². The summed E-state index contributed by atoms with van der Waals surface area (Å²) < 4.78 is 8.00. The van der Waals surface area contributed by atoms with Gasteiger partial charge in [0, 0.05) is 37.0 Å². The lowest BCUT2D eigenvalue weighted by atomic mass is 10.1. The molecule has 1 aliphatic rings. The maximum absolute atomic E-state index is 6.01. The normalized spacial score (nSPS) is 16.4. The summed E-state index contributed by atoms with van der Waals surface area (Å²) in [4.78, 5) is 8.31. The fourth-order valence-corrected chi connectivity index (χ4v) is 3.09. The van der Waals surface area contributed by atoms with Crippen molar-refractivity contribution in [3.05, 3.63) is 72.1 Å². The van der Waals surface area contributed by atoms with Gasteiger partial charge in [-0.1, -0.05) is 18.2 Å². The highest BCUT2D eigenvalue weighted by Crippen LogP contribution is 2.20. The molecular formula is C19H21N5O. The summed E-state index contributed by atoms with van der Waals surface area (Å²) in [6.45, 7) is 2.20. The van der Waals surface area contributed by atoms with Crippen LogP contribution < -0.4 is 10.1 Å². The van der Waals surface area contributed by atoms with E-state index in [0.29, 0.717) is 12.6 Å². The van der Waals surface area contributed by atoms with Gasteiger partial charge < -0.3 is 10.1 Å². The highest BCUT2D eigenvalue weighted by Gasteiger charge is 2.19. The van der Waals surface area contributed by atoms with Crippen molar-refractivity contribution in [2.75, 3.05) is 0 Å². The van der Waals surface area contributed by atoms with Crippen LogP contribution in [0.4, 0.5) is 0 Å². The minimum absolute atomic E-state index is 0.405. The van der Waals surface area contributed by atoms with Crippen LogP contribution in [0.2, 0.25) is 0 Å². The lowest BCUT2D eigenvalue weighted by molar-refractivity contribution is 0.299. The van der Waals surface area contributed by atoms with E-state index in [1.807, 2.05) is 35.0 Å². The van der Waals surface area contributed by atoms with Gasteiger partial charge >= 0.3 is 0 Å². The average molecular weight is 335 g/mol. The van der Waals surface area contributed by atoms with Crippen LogP contribution >= 0.6 is 0 Å². The third kappa shape index (κ3) is 3.85. The molecule has 0 spiro atoms. The van der Waals surface area contributed by atoms with Crippen LogP contribution in [0.3, 0.4) is 0 Å². The molecule has 25 heavy (non-hydrogen) atoms. The summed E-state index contributed by atoms with van der Waals surface area (Å²) in [6, 6.07) is 12.5. The second-order valence-corrected chi connectivity index (χ2v) is 6.23. The van der Waals surface area contributed by atoms with Crippen molar-refractivity contribution in [1.82, 2.24) is 25.1 Å². The van der Waals surface area contributed by atoms with Crippen LogP contribution in [-0.4, -0.2) is 25.8 Å². The number of para-hydroxylation sites is 1. The molecule has 0 bridgehead atoms. The Labute approximate surface area is 146 Å². The number of pyridine rings is 1. The number of nitrogens with one attached hydrogen (secondary N) is 1. The number of fused-ring (bicyclic) bond motifs is 1. The molecule has 1 N–H and O–H groups in total. The van der Waals surface area contributed by atoms with Crippen molar-refractivity contribution in [3.8, 4) is 5.75 Å². The molecule has 6 nitrogen and oxygen atoms in total.